The normalized spacial score (nSPS) is 9.47. The number of rotatable bonds is 5. The number of nitriles is 1. The molecule has 1 aromatic rings. The maximum absolute atomic E-state index is 11.2. The molecular formula is C11H12ClN3O2. The third-order valence-corrected chi connectivity index (χ3v) is 2.20. The maximum Gasteiger partial charge on any atom is 0.258 e. The van der Waals surface area contributed by atoms with E-state index in [-0.39, 0.29) is 25.6 Å². The molecule has 0 unspecified atom stereocenters. The SMILES string of the molecule is N#CCNC(=O)COc1ccc(Cl)cc1CN. The quantitative estimate of drug-likeness (QED) is 0.761. The lowest BCUT2D eigenvalue weighted by Gasteiger charge is -2.10. The third kappa shape index (κ3) is 4.31. The summed E-state index contributed by atoms with van der Waals surface area (Å²) in [5, 5.41) is 11.2. The predicted octanol–water partition coefficient (Wildman–Crippen LogP) is 0.817. The van der Waals surface area contributed by atoms with Gasteiger partial charge in [-0.1, -0.05) is 11.6 Å². The summed E-state index contributed by atoms with van der Waals surface area (Å²) in [5.74, 6) is 0.161. The number of carbonyl (C=O) groups is 1. The molecule has 3 N–H and O–H groups in total. The van der Waals surface area contributed by atoms with Gasteiger partial charge >= 0.3 is 0 Å². The van der Waals surface area contributed by atoms with E-state index in [4.69, 9.17) is 27.3 Å². The molecule has 0 aliphatic heterocycles. The molecule has 0 aromatic heterocycles. The molecule has 1 rings (SSSR count). The average Bonchev–Trinajstić information content (AvgIpc) is 2.34. The molecule has 1 amide bonds. The monoisotopic (exact) mass is 253 g/mol. The topological polar surface area (TPSA) is 88.1 Å². The Morgan fingerprint density at radius 3 is 3.00 bits per heavy atom. The zero-order valence-corrected chi connectivity index (χ0v) is 9.83. The molecule has 0 aliphatic carbocycles. The van der Waals surface area contributed by atoms with Crippen molar-refractivity contribution in [2.45, 2.75) is 6.54 Å². The van der Waals surface area contributed by atoms with Crippen LogP contribution in [0.25, 0.3) is 0 Å². The van der Waals surface area contributed by atoms with Crippen molar-refractivity contribution in [2.75, 3.05) is 13.2 Å². The van der Waals surface area contributed by atoms with Crippen LogP contribution in [0.3, 0.4) is 0 Å². The molecule has 6 heteroatoms. The number of nitrogens with one attached hydrogen (secondary N) is 1. The lowest BCUT2D eigenvalue weighted by molar-refractivity contribution is -0.122. The van der Waals surface area contributed by atoms with Crippen LogP contribution in [0.4, 0.5) is 0 Å². The summed E-state index contributed by atoms with van der Waals surface area (Å²) in [4.78, 5) is 11.2. The van der Waals surface area contributed by atoms with Crippen LogP contribution in [0.1, 0.15) is 5.56 Å². The molecule has 0 fully saturated rings. The molecule has 0 radical (unpaired) electrons. The summed E-state index contributed by atoms with van der Waals surface area (Å²) in [5.41, 5.74) is 6.25. The zero-order valence-electron chi connectivity index (χ0n) is 9.07. The van der Waals surface area contributed by atoms with Gasteiger partial charge in [-0.05, 0) is 18.2 Å². The first-order chi connectivity index (χ1) is 8.17. The van der Waals surface area contributed by atoms with Crippen molar-refractivity contribution >= 4 is 17.5 Å². The fourth-order valence-corrected chi connectivity index (χ4v) is 1.38. The Kier molecular flexibility index (Phi) is 5.27. The molecule has 5 nitrogen and oxygen atoms in total. The summed E-state index contributed by atoms with van der Waals surface area (Å²) in [6.45, 7) is 0.0819. The van der Waals surface area contributed by atoms with Gasteiger partial charge in [-0.3, -0.25) is 4.79 Å². The largest absolute Gasteiger partial charge is 0.483 e. The van der Waals surface area contributed by atoms with Crippen molar-refractivity contribution in [3.63, 3.8) is 0 Å². The Balaban J connectivity index is 2.57. The highest BCUT2D eigenvalue weighted by Crippen LogP contribution is 2.22. The molecule has 0 bridgehead atoms. The van der Waals surface area contributed by atoms with E-state index >= 15 is 0 Å². The van der Waals surface area contributed by atoms with E-state index in [0.717, 1.165) is 5.56 Å². The molecule has 90 valence electrons. The van der Waals surface area contributed by atoms with Crippen LogP contribution in [0.2, 0.25) is 5.02 Å². The number of nitrogens with zero attached hydrogens (tertiary/aromatic N) is 1. The molecule has 0 saturated carbocycles. The van der Waals surface area contributed by atoms with Crippen LogP contribution in [-0.2, 0) is 11.3 Å². The molecule has 1 aromatic carbocycles. The molecule has 0 saturated heterocycles. The fourth-order valence-electron chi connectivity index (χ4n) is 1.18. The summed E-state index contributed by atoms with van der Waals surface area (Å²) >= 11 is 5.80. The van der Waals surface area contributed by atoms with Gasteiger partial charge in [-0.2, -0.15) is 5.26 Å². The number of hydrogen-bond acceptors (Lipinski definition) is 4. The number of ether oxygens (including phenoxy) is 1. The molecule has 0 atom stereocenters. The van der Waals surface area contributed by atoms with Gasteiger partial charge in [0.1, 0.15) is 12.3 Å². The summed E-state index contributed by atoms with van der Waals surface area (Å²) in [6.07, 6.45) is 0. The summed E-state index contributed by atoms with van der Waals surface area (Å²) in [7, 11) is 0. The highest BCUT2D eigenvalue weighted by Gasteiger charge is 2.06. The van der Waals surface area contributed by atoms with Crippen LogP contribution in [-0.4, -0.2) is 19.1 Å². The molecule has 17 heavy (non-hydrogen) atoms. The van der Waals surface area contributed by atoms with Crippen LogP contribution >= 0.6 is 11.6 Å². The van der Waals surface area contributed by atoms with Gasteiger partial charge in [0.05, 0.1) is 6.07 Å². The Bertz CT molecular complexity index is 443. The van der Waals surface area contributed by atoms with Gasteiger partial charge in [0, 0.05) is 17.1 Å². The number of nitrogens with two attached hydrogens (primary N) is 1. The lowest BCUT2D eigenvalue weighted by atomic mass is 10.2. The van der Waals surface area contributed by atoms with Crippen molar-refractivity contribution < 1.29 is 9.53 Å². The smallest absolute Gasteiger partial charge is 0.258 e. The number of benzene rings is 1. The second-order valence-electron chi connectivity index (χ2n) is 3.18. The van der Waals surface area contributed by atoms with Crippen LogP contribution < -0.4 is 15.8 Å². The maximum atomic E-state index is 11.2. The minimum atomic E-state index is -0.357. The zero-order chi connectivity index (χ0) is 12.7. The van der Waals surface area contributed by atoms with Crippen LogP contribution in [0, 0.1) is 11.3 Å². The van der Waals surface area contributed by atoms with Gasteiger partial charge < -0.3 is 15.8 Å². The van der Waals surface area contributed by atoms with Crippen LogP contribution in [0.15, 0.2) is 18.2 Å². The van der Waals surface area contributed by atoms with Gasteiger partial charge in [0.15, 0.2) is 6.61 Å². The minimum absolute atomic E-state index is 0.0352. The Morgan fingerprint density at radius 1 is 1.59 bits per heavy atom. The standard InChI is InChI=1S/C11H12ClN3O2/c12-9-1-2-10(8(5-9)6-14)17-7-11(16)15-4-3-13/h1-2,5H,4,6-7,14H2,(H,15,16). The first-order valence-corrected chi connectivity index (χ1v) is 5.30. The number of carbonyl (C=O) groups excluding carboxylic acids is 1. The number of amides is 1. The Morgan fingerprint density at radius 2 is 2.35 bits per heavy atom. The van der Waals surface area contributed by atoms with E-state index in [1.807, 2.05) is 0 Å². The first kappa shape index (κ1) is 13.3. The van der Waals surface area contributed by atoms with Crippen molar-refractivity contribution in [3.8, 4) is 11.8 Å². The van der Waals surface area contributed by atoms with Crippen molar-refractivity contribution in [3.05, 3.63) is 28.8 Å². The summed E-state index contributed by atoms with van der Waals surface area (Å²) < 4.78 is 5.28. The predicted molar refractivity (Wildman–Crippen MR) is 63.5 cm³/mol. The van der Waals surface area contributed by atoms with E-state index in [2.05, 4.69) is 5.32 Å². The fraction of sp³-hybridized carbons (Fsp3) is 0.273. The van der Waals surface area contributed by atoms with Gasteiger partial charge in [-0.15, -0.1) is 0 Å². The van der Waals surface area contributed by atoms with Crippen LogP contribution in [0.5, 0.6) is 5.75 Å². The Hall–Kier alpha value is -1.77. The third-order valence-electron chi connectivity index (χ3n) is 1.97. The van der Waals surface area contributed by atoms with Crippen molar-refractivity contribution in [1.82, 2.24) is 5.32 Å². The van der Waals surface area contributed by atoms with E-state index < -0.39 is 0 Å². The second kappa shape index (κ2) is 6.74. The van der Waals surface area contributed by atoms with E-state index in [1.54, 1.807) is 24.3 Å². The van der Waals surface area contributed by atoms with Gasteiger partial charge in [0.25, 0.3) is 5.91 Å². The second-order valence-corrected chi connectivity index (χ2v) is 3.62. The average molecular weight is 254 g/mol. The molecule has 0 spiro atoms. The highest BCUT2D eigenvalue weighted by molar-refractivity contribution is 6.30. The number of hydrogen-bond donors (Lipinski definition) is 2. The van der Waals surface area contributed by atoms with Crippen molar-refractivity contribution in [1.29, 1.82) is 5.26 Å². The lowest BCUT2D eigenvalue weighted by Crippen LogP contribution is -2.29. The van der Waals surface area contributed by atoms with E-state index in [9.17, 15) is 4.79 Å². The van der Waals surface area contributed by atoms with E-state index in [1.165, 1.54) is 0 Å². The molecular weight excluding hydrogens is 242 g/mol. The molecule has 0 aliphatic rings. The van der Waals surface area contributed by atoms with Gasteiger partial charge in [-0.25, -0.2) is 0 Å². The first-order valence-electron chi connectivity index (χ1n) is 4.92. The molecule has 0 heterocycles. The van der Waals surface area contributed by atoms with Gasteiger partial charge in [0.2, 0.25) is 0 Å². The highest BCUT2D eigenvalue weighted by atomic mass is 35.5. The number of halogens is 1. The minimum Gasteiger partial charge on any atom is -0.483 e. The summed E-state index contributed by atoms with van der Waals surface area (Å²) in [6, 6.07) is 6.80. The van der Waals surface area contributed by atoms with E-state index in [0.29, 0.717) is 10.8 Å². The van der Waals surface area contributed by atoms with Crippen molar-refractivity contribution in [2.24, 2.45) is 5.73 Å². The Labute approximate surface area is 104 Å².